The molecule has 0 aromatic heterocycles. The maximum atomic E-state index is 11.1. The first kappa shape index (κ1) is 15.4. The number of rotatable bonds is 3. The van der Waals surface area contributed by atoms with Gasteiger partial charge < -0.3 is 14.2 Å². The highest BCUT2D eigenvalue weighted by Crippen LogP contribution is 2.35. The SMILES string of the molecule is CC(=O)OC[C@H]1O[C@H](Br)[C@H](C)[C@@H](C)[C@H]1OC(C)=O. The summed E-state index contributed by atoms with van der Waals surface area (Å²) >= 11 is 3.43. The van der Waals surface area contributed by atoms with Gasteiger partial charge in [0.1, 0.15) is 23.8 Å². The predicted octanol–water partition coefficient (Wildman–Crippen LogP) is 1.87. The largest absolute Gasteiger partial charge is 0.463 e. The van der Waals surface area contributed by atoms with Gasteiger partial charge in [0, 0.05) is 19.8 Å². The number of halogens is 1. The summed E-state index contributed by atoms with van der Waals surface area (Å²) in [6.45, 7) is 6.80. The molecule has 1 fully saturated rings. The van der Waals surface area contributed by atoms with Crippen LogP contribution in [0.5, 0.6) is 0 Å². The highest BCUT2D eigenvalue weighted by molar-refractivity contribution is 9.09. The summed E-state index contributed by atoms with van der Waals surface area (Å²) in [5, 5.41) is -0.139. The highest BCUT2D eigenvalue weighted by Gasteiger charge is 2.42. The number of hydrogen-bond donors (Lipinski definition) is 0. The Morgan fingerprint density at radius 3 is 2.28 bits per heavy atom. The molecule has 1 rings (SSSR count). The summed E-state index contributed by atoms with van der Waals surface area (Å²) in [6.07, 6.45) is -0.834. The van der Waals surface area contributed by atoms with E-state index < -0.39 is 12.2 Å². The summed E-state index contributed by atoms with van der Waals surface area (Å²) in [7, 11) is 0. The second kappa shape index (κ2) is 6.52. The summed E-state index contributed by atoms with van der Waals surface area (Å²) in [6, 6.07) is 0. The third kappa shape index (κ3) is 3.95. The smallest absolute Gasteiger partial charge is 0.303 e. The molecule has 0 aliphatic carbocycles. The molecule has 0 aromatic carbocycles. The lowest BCUT2D eigenvalue weighted by Gasteiger charge is -2.41. The molecule has 1 saturated heterocycles. The Labute approximate surface area is 115 Å². The Morgan fingerprint density at radius 2 is 1.78 bits per heavy atom. The predicted molar refractivity (Wildman–Crippen MR) is 68.1 cm³/mol. The van der Waals surface area contributed by atoms with Crippen molar-refractivity contribution in [1.82, 2.24) is 0 Å². The molecule has 0 bridgehead atoms. The Bertz CT molecular complexity index is 320. The molecule has 0 N–H and O–H groups in total. The average molecular weight is 323 g/mol. The van der Waals surface area contributed by atoms with Crippen molar-refractivity contribution < 1.29 is 23.8 Å². The van der Waals surface area contributed by atoms with Crippen LogP contribution in [0.4, 0.5) is 0 Å². The minimum absolute atomic E-state index is 0.0897. The molecule has 0 radical (unpaired) electrons. The van der Waals surface area contributed by atoms with E-state index in [1.165, 1.54) is 13.8 Å². The number of hydrogen-bond acceptors (Lipinski definition) is 5. The van der Waals surface area contributed by atoms with E-state index in [4.69, 9.17) is 14.2 Å². The van der Waals surface area contributed by atoms with E-state index in [1.807, 2.05) is 13.8 Å². The van der Waals surface area contributed by atoms with E-state index in [0.29, 0.717) is 0 Å². The van der Waals surface area contributed by atoms with Gasteiger partial charge >= 0.3 is 11.9 Å². The Morgan fingerprint density at radius 1 is 1.17 bits per heavy atom. The third-order valence-corrected chi connectivity index (χ3v) is 4.23. The van der Waals surface area contributed by atoms with E-state index in [0.717, 1.165) is 0 Å². The monoisotopic (exact) mass is 322 g/mol. The molecule has 0 aromatic rings. The van der Waals surface area contributed by atoms with E-state index >= 15 is 0 Å². The minimum atomic E-state index is -0.437. The molecule has 104 valence electrons. The summed E-state index contributed by atoms with van der Waals surface area (Å²) in [5.41, 5.74) is 0. The van der Waals surface area contributed by atoms with Crippen molar-refractivity contribution in [1.29, 1.82) is 0 Å². The fraction of sp³-hybridized carbons (Fsp3) is 0.833. The van der Waals surface area contributed by atoms with Crippen LogP contribution < -0.4 is 0 Å². The van der Waals surface area contributed by atoms with Crippen LogP contribution in [0.3, 0.4) is 0 Å². The second-order valence-electron chi connectivity index (χ2n) is 4.62. The number of carbonyl (C=O) groups excluding carboxylic acids is 2. The molecule has 6 heteroatoms. The van der Waals surface area contributed by atoms with Crippen LogP contribution in [0.25, 0.3) is 0 Å². The van der Waals surface area contributed by atoms with Crippen LogP contribution in [0.1, 0.15) is 27.7 Å². The standard InChI is InChI=1S/C12H19BrO5/c1-6-7(2)12(13)18-10(5-16-8(3)14)11(6)17-9(4)15/h6-7,10-12H,5H2,1-4H3/t6-,7-,10-,11-,12+/m1/s1. The first-order valence-corrected chi connectivity index (χ1v) is 6.84. The van der Waals surface area contributed by atoms with Gasteiger partial charge in [-0.25, -0.2) is 0 Å². The van der Waals surface area contributed by atoms with Crippen molar-refractivity contribution >= 4 is 27.9 Å². The average Bonchev–Trinajstić information content (AvgIpc) is 2.27. The van der Waals surface area contributed by atoms with Gasteiger partial charge in [0.15, 0.2) is 0 Å². The quantitative estimate of drug-likeness (QED) is 0.586. The minimum Gasteiger partial charge on any atom is -0.463 e. The zero-order valence-corrected chi connectivity index (χ0v) is 12.6. The number of alkyl halides is 1. The summed E-state index contributed by atoms with van der Waals surface area (Å²) < 4.78 is 15.9. The maximum Gasteiger partial charge on any atom is 0.303 e. The van der Waals surface area contributed by atoms with Gasteiger partial charge in [-0.2, -0.15) is 0 Å². The Hall–Kier alpha value is -0.620. The first-order valence-electron chi connectivity index (χ1n) is 5.93. The lowest BCUT2D eigenvalue weighted by molar-refractivity contribution is -0.190. The number of carbonyl (C=O) groups is 2. The number of esters is 2. The maximum absolute atomic E-state index is 11.1. The van der Waals surface area contributed by atoms with Crippen molar-refractivity contribution in [2.45, 2.75) is 44.9 Å². The zero-order valence-electron chi connectivity index (χ0n) is 11.0. The summed E-state index contributed by atoms with van der Waals surface area (Å²) in [5.74, 6) is -0.420. The van der Waals surface area contributed by atoms with Gasteiger partial charge in [-0.15, -0.1) is 0 Å². The zero-order chi connectivity index (χ0) is 13.9. The van der Waals surface area contributed by atoms with Gasteiger partial charge in [-0.3, -0.25) is 9.59 Å². The Kier molecular flexibility index (Phi) is 5.59. The Balaban J connectivity index is 2.75. The van der Waals surface area contributed by atoms with Gasteiger partial charge in [-0.05, 0) is 5.92 Å². The van der Waals surface area contributed by atoms with Crippen LogP contribution in [0.15, 0.2) is 0 Å². The van der Waals surface area contributed by atoms with Crippen LogP contribution >= 0.6 is 15.9 Å². The summed E-state index contributed by atoms with van der Waals surface area (Å²) in [4.78, 5) is 22.0. The topological polar surface area (TPSA) is 61.8 Å². The van der Waals surface area contributed by atoms with E-state index in [1.54, 1.807) is 0 Å². The van der Waals surface area contributed by atoms with Crippen molar-refractivity contribution in [3.05, 3.63) is 0 Å². The molecule has 0 saturated carbocycles. The second-order valence-corrected chi connectivity index (χ2v) is 5.52. The molecule has 5 atom stereocenters. The molecule has 1 aliphatic heterocycles. The highest BCUT2D eigenvalue weighted by atomic mass is 79.9. The first-order chi connectivity index (χ1) is 8.32. The van der Waals surface area contributed by atoms with Crippen molar-refractivity contribution in [2.24, 2.45) is 11.8 Å². The number of ether oxygens (including phenoxy) is 3. The molecule has 5 nitrogen and oxygen atoms in total. The molecule has 0 spiro atoms. The molecule has 1 aliphatic rings. The van der Waals surface area contributed by atoms with Crippen molar-refractivity contribution in [3.8, 4) is 0 Å². The van der Waals surface area contributed by atoms with Gasteiger partial charge in [0.25, 0.3) is 0 Å². The lowest BCUT2D eigenvalue weighted by Crippen LogP contribution is -2.51. The van der Waals surface area contributed by atoms with Gasteiger partial charge in [-0.1, -0.05) is 29.8 Å². The normalized spacial score (nSPS) is 35.9. The van der Waals surface area contributed by atoms with Crippen LogP contribution in [-0.2, 0) is 23.8 Å². The van der Waals surface area contributed by atoms with Crippen LogP contribution in [-0.4, -0.2) is 35.8 Å². The fourth-order valence-corrected chi connectivity index (χ4v) is 2.71. The molecular formula is C12H19BrO5. The third-order valence-electron chi connectivity index (χ3n) is 3.19. The van der Waals surface area contributed by atoms with E-state index in [2.05, 4.69) is 15.9 Å². The van der Waals surface area contributed by atoms with E-state index in [-0.39, 0.29) is 35.4 Å². The fourth-order valence-electron chi connectivity index (χ4n) is 1.95. The molecule has 1 heterocycles. The van der Waals surface area contributed by atoms with Gasteiger partial charge in [0.2, 0.25) is 0 Å². The van der Waals surface area contributed by atoms with Crippen LogP contribution in [0.2, 0.25) is 0 Å². The molecule has 18 heavy (non-hydrogen) atoms. The molecule has 0 amide bonds. The van der Waals surface area contributed by atoms with Gasteiger partial charge in [0.05, 0.1) is 0 Å². The van der Waals surface area contributed by atoms with Crippen molar-refractivity contribution in [3.63, 3.8) is 0 Å². The molecular weight excluding hydrogens is 304 g/mol. The van der Waals surface area contributed by atoms with E-state index in [9.17, 15) is 9.59 Å². The molecule has 0 unspecified atom stereocenters. The van der Waals surface area contributed by atoms with Crippen LogP contribution in [0, 0.1) is 11.8 Å². The van der Waals surface area contributed by atoms with Crippen molar-refractivity contribution in [2.75, 3.05) is 6.61 Å². The lowest BCUT2D eigenvalue weighted by atomic mass is 9.86.